The van der Waals surface area contributed by atoms with Crippen LogP contribution in [0.4, 0.5) is 4.39 Å². The Hall–Kier alpha value is -0.230. The summed E-state index contributed by atoms with van der Waals surface area (Å²) in [6.07, 6.45) is 6.64. The van der Waals surface area contributed by atoms with Crippen molar-refractivity contribution in [2.45, 2.75) is 62.5 Å². The van der Waals surface area contributed by atoms with Crippen LogP contribution in [-0.4, -0.2) is 68.7 Å². The largest absolute Gasteiger partial charge is 0.381 e. The van der Waals surface area contributed by atoms with Crippen molar-refractivity contribution >= 4 is 0 Å². The topological polar surface area (TPSA) is 33.7 Å². The number of likely N-dealkylation sites (tertiary alicyclic amines) is 1. The number of piperidine rings is 2. The SMILES string of the molecule is COC1CC(OC2CCN(CC3(F)CCNCC3)CC2)C1. The molecule has 2 saturated heterocycles. The fraction of sp³-hybridized carbons (Fsp3) is 1.00. The molecule has 1 N–H and O–H groups in total. The summed E-state index contributed by atoms with van der Waals surface area (Å²) in [5.74, 6) is 0. The average Bonchev–Trinajstić information content (AvgIpc) is 2.44. The number of nitrogens with zero attached hydrogens (tertiary/aromatic N) is 1. The van der Waals surface area contributed by atoms with Gasteiger partial charge in [0.1, 0.15) is 5.67 Å². The lowest BCUT2D eigenvalue weighted by Gasteiger charge is -2.41. The van der Waals surface area contributed by atoms with E-state index in [4.69, 9.17) is 9.47 Å². The van der Waals surface area contributed by atoms with Crippen molar-refractivity contribution in [3.8, 4) is 0 Å². The minimum Gasteiger partial charge on any atom is -0.381 e. The van der Waals surface area contributed by atoms with Gasteiger partial charge in [0.05, 0.1) is 18.3 Å². The van der Waals surface area contributed by atoms with E-state index in [9.17, 15) is 4.39 Å². The molecule has 122 valence electrons. The van der Waals surface area contributed by atoms with Crippen molar-refractivity contribution in [1.29, 1.82) is 0 Å². The monoisotopic (exact) mass is 300 g/mol. The first kappa shape index (κ1) is 15.7. The maximum Gasteiger partial charge on any atom is 0.126 e. The van der Waals surface area contributed by atoms with Crippen molar-refractivity contribution in [2.75, 3.05) is 39.8 Å². The Labute approximate surface area is 127 Å². The minimum atomic E-state index is -0.974. The molecule has 0 radical (unpaired) electrons. The molecule has 0 spiro atoms. The second-order valence-corrected chi connectivity index (χ2v) is 6.96. The fourth-order valence-corrected chi connectivity index (χ4v) is 3.73. The zero-order valence-corrected chi connectivity index (χ0v) is 13.2. The first-order valence-corrected chi connectivity index (χ1v) is 8.47. The maximum absolute atomic E-state index is 14.7. The summed E-state index contributed by atoms with van der Waals surface area (Å²) >= 11 is 0. The van der Waals surface area contributed by atoms with Gasteiger partial charge in [-0.1, -0.05) is 0 Å². The van der Waals surface area contributed by atoms with E-state index in [-0.39, 0.29) is 0 Å². The molecule has 2 aliphatic heterocycles. The van der Waals surface area contributed by atoms with E-state index >= 15 is 0 Å². The van der Waals surface area contributed by atoms with Crippen LogP contribution in [0.25, 0.3) is 0 Å². The zero-order valence-electron chi connectivity index (χ0n) is 13.2. The smallest absolute Gasteiger partial charge is 0.126 e. The van der Waals surface area contributed by atoms with Crippen LogP contribution in [0.1, 0.15) is 38.5 Å². The van der Waals surface area contributed by atoms with Crippen LogP contribution in [0.5, 0.6) is 0 Å². The molecule has 1 saturated carbocycles. The summed E-state index contributed by atoms with van der Waals surface area (Å²) in [5, 5.41) is 3.24. The van der Waals surface area contributed by atoms with Crippen molar-refractivity contribution in [3.63, 3.8) is 0 Å². The van der Waals surface area contributed by atoms with E-state index < -0.39 is 5.67 Å². The highest BCUT2D eigenvalue weighted by atomic mass is 19.1. The molecule has 21 heavy (non-hydrogen) atoms. The summed E-state index contributed by atoms with van der Waals surface area (Å²) < 4.78 is 26.1. The van der Waals surface area contributed by atoms with Crippen LogP contribution in [0, 0.1) is 0 Å². The van der Waals surface area contributed by atoms with Crippen LogP contribution in [0.2, 0.25) is 0 Å². The van der Waals surface area contributed by atoms with Crippen LogP contribution in [0.3, 0.4) is 0 Å². The van der Waals surface area contributed by atoms with E-state index in [0.717, 1.165) is 51.9 Å². The molecule has 0 aromatic rings. The van der Waals surface area contributed by atoms with Crippen LogP contribution < -0.4 is 5.32 Å². The molecular formula is C16H29FN2O2. The molecule has 3 rings (SSSR count). The van der Waals surface area contributed by atoms with Gasteiger partial charge in [-0.2, -0.15) is 0 Å². The molecule has 4 nitrogen and oxygen atoms in total. The van der Waals surface area contributed by atoms with E-state index in [2.05, 4.69) is 10.2 Å². The van der Waals surface area contributed by atoms with Crippen molar-refractivity contribution in [3.05, 3.63) is 0 Å². The van der Waals surface area contributed by atoms with Gasteiger partial charge < -0.3 is 14.8 Å². The molecule has 3 fully saturated rings. The molecule has 5 heteroatoms. The number of nitrogens with one attached hydrogen (secondary N) is 1. The number of hydrogen-bond donors (Lipinski definition) is 1. The van der Waals surface area contributed by atoms with Crippen LogP contribution >= 0.6 is 0 Å². The average molecular weight is 300 g/mol. The predicted octanol–water partition coefficient (Wildman–Crippen LogP) is 1.74. The molecule has 2 heterocycles. The summed E-state index contributed by atoms with van der Waals surface area (Å²) in [5.41, 5.74) is -0.974. The predicted molar refractivity (Wildman–Crippen MR) is 80.3 cm³/mol. The highest BCUT2D eigenvalue weighted by Crippen LogP contribution is 2.30. The van der Waals surface area contributed by atoms with Gasteiger partial charge in [-0.25, -0.2) is 4.39 Å². The number of methoxy groups -OCH3 is 1. The molecule has 0 aromatic carbocycles. The lowest BCUT2D eigenvalue weighted by molar-refractivity contribution is -0.127. The van der Waals surface area contributed by atoms with E-state index in [0.29, 0.717) is 37.7 Å². The number of rotatable bonds is 5. The first-order chi connectivity index (χ1) is 10.2. The third-order valence-electron chi connectivity index (χ3n) is 5.31. The highest BCUT2D eigenvalue weighted by molar-refractivity contribution is 4.90. The summed E-state index contributed by atoms with van der Waals surface area (Å²) in [7, 11) is 1.77. The Kier molecular flexibility index (Phi) is 5.15. The Bertz CT molecular complexity index is 322. The minimum absolute atomic E-state index is 0.368. The number of hydrogen-bond acceptors (Lipinski definition) is 4. The fourth-order valence-electron chi connectivity index (χ4n) is 3.73. The highest BCUT2D eigenvalue weighted by Gasteiger charge is 2.36. The van der Waals surface area contributed by atoms with Gasteiger partial charge in [0, 0.05) is 26.7 Å². The van der Waals surface area contributed by atoms with Gasteiger partial charge in [-0.3, -0.25) is 4.90 Å². The second-order valence-electron chi connectivity index (χ2n) is 6.96. The van der Waals surface area contributed by atoms with Gasteiger partial charge in [0.25, 0.3) is 0 Å². The molecular weight excluding hydrogens is 271 g/mol. The summed E-state index contributed by atoms with van der Waals surface area (Å²) in [6.45, 7) is 4.20. The second kappa shape index (κ2) is 6.90. The molecule has 3 aliphatic rings. The summed E-state index contributed by atoms with van der Waals surface area (Å²) in [4.78, 5) is 2.30. The lowest BCUT2D eigenvalue weighted by atomic mass is 9.91. The Balaban J connectivity index is 1.35. The van der Waals surface area contributed by atoms with Crippen molar-refractivity contribution in [1.82, 2.24) is 10.2 Å². The zero-order chi connectivity index (χ0) is 14.7. The van der Waals surface area contributed by atoms with Crippen LogP contribution in [-0.2, 0) is 9.47 Å². The van der Waals surface area contributed by atoms with E-state index in [1.54, 1.807) is 7.11 Å². The molecule has 0 atom stereocenters. The van der Waals surface area contributed by atoms with Gasteiger partial charge in [0.2, 0.25) is 0 Å². The normalized spacial score (nSPS) is 34.6. The van der Waals surface area contributed by atoms with Gasteiger partial charge >= 0.3 is 0 Å². The molecule has 0 aromatic heterocycles. The third-order valence-corrected chi connectivity index (χ3v) is 5.31. The van der Waals surface area contributed by atoms with Crippen LogP contribution in [0.15, 0.2) is 0 Å². The number of ether oxygens (including phenoxy) is 2. The Morgan fingerprint density at radius 3 is 2.38 bits per heavy atom. The summed E-state index contributed by atoms with van der Waals surface area (Å²) in [6, 6.07) is 0. The maximum atomic E-state index is 14.7. The number of alkyl halides is 1. The molecule has 0 bridgehead atoms. The van der Waals surface area contributed by atoms with E-state index in [1.165, 1.54) is 0 Å². The first-order valence-electron chi connectivity index (χ1n) is 8.47. The Morgan fingerprint density at radius 1 is 1.10 bits per heavy atom. The van der Waals surface area contributed by atoms with Gasteiger partial charge in [-0.15, -0.1) is 0 Å². The van der Waals surface area contributed by atoms with Gasteiger partial charge in [0.15, 0.2) is 0 Å². The molecule has 0 amide bonds. The van der Waals surface area contributed by atoms with Crippen molar-refractivity contribution in [2.24, 2.45) is 0 Å². The van der Waals surface area contributed by atoms with E-state index in [1.807, 2.05) is 0 Å². The lowest BCUT2D eigenvalue weighted by Crippen LogP contribution is -2.50. The standard InChI is InChI=1S/C16H29FN2O2/c1-20-14-10-15(11-14)21-13-2-8-19(9-3-13)12-16(17)4-6-18-7-5-16/h13-15,18H,2-12H2,1H3. The van der Waals surface area contributed by atoms with Gasteiger partial charge in [-0.05, 0) is 51.6 Å². The Morgan fingerprint density at radius 2 is 1.76 bits per heavy atom. The third kappa shape index (κ3) is 4.15. The molecule has 0 unspecified atom stereocenters. The van der Waals surface area contributed by atoms with Crippen molar-refractivity contribution < 1.29 is 13.9 Å². The number of halogens is 1. The quantitative estimate of drug-likeness (QED) is 0.838. The molecule has 1 aliphatic carbocycles.